The van der Waals surface area contributed by atoms with Gasteiger partial charge in [-0.2, -0.15) is 0 Å². The first-order valence-electron chi connectivity index (χ1n) is 18.2. The van der Waals surface area contributed by atoms with Crippen molar-refractivity contribution in [1.29, 1.82) is 0 Å². The maximum absolute atomic E-state index is 4.27. The van der Waals surface area contributed by atoms with E-state index in [-0.39, 0.29) is 0 Å². The Labute approximate surface area is 312 Å². The number of aromatic nitrogens is 1. The van der Waals surface area contributed by atoms with Crippen molar-refractivity contribution in [2.75, 3.05) is 5.32 Å². The van der Waals surface area contributed by atoms with E-state index in [4.69, 9.17) is 0 Å². The van der Waals surface area contributed by atoms with E-state index < -0.39 is 0 Å². The van der Waals surface area contributed by atoms with Crippen LogP contribution in [0.15, 0.2) is 158 Å². The molecule has 0 saturated carbocycles. The molecule has 0 aliphatic heterocycles. The molecule has 0 fully saturated rings. The second-order valence-electron chi connectivity index (χ2n) is 13.8. The van der Waals surface area contributed by atoms with Gasteiger partial charge in [0.2, 0.25) is 0 Å². The minimum Gasteiger partial charge on any atom is -0.354 e. The number of fused-ring (bicyclic) bond motifs is 6. The third-order valence-electron chi connectivity index (χ3n) is 10.7. The third-order valence-corrected chi connectivity index (χ3v) is 11.9. The van der Waals surface area contributed by atoms with Crippen LogP contribution in [0.2, 0.25) is 0 Å². The maximum Gasteiger partial charge on any atom is 0.0621 e. The van der Waals surface area contributed by atoms with Crippen molar-refractivity contribution in [2.24, 2.45) is 0 Å². The highest BCUT2D eigenvalue weighted by atomic mass is 32.1. The number of allylic oxidation sites excluding steroid dienone is 1. The van der Waals surface area contributed by atoms with Crippen LogP contribution in [0.1, 0.15) is 23.7 Å². The number of hydrogen-bond acceptors (Lipinski definition) is 2. The summed E-state index contributed by atoms with van der Waals surface area (Å²) in [5.74, 6) is 0. The number of hydrogen-bond donors (Lipinski definition) is 1. The van der Waals surface area contributed by atoms with Gasteiger partial charge in [0.05, 0.1) is 27.1 Å². The Hall–Kier alpha value is -6.42. The van der Waals surface area contributed by atoms with Crippen LogP contribution >= 0.6 is 11.3 Å². The fourth-order valence-corrected chi connectivity index (χ4v) is 9.60. The zero-order chi connectivity index (χ0) is 35.6. The van der Waals surface area contributed by atoms with Crippen LogP contribution in [0.4, 0.5) is 11.4 Å². The summed E-state index contributed by atoms with van der Waals surface area (Å²) in [6.07, 6.45) is 6.37. The topological polar surface area (TPSA) is 16.4 Å². The van der Waals surface area contributed by atoms with Gasteiger partial charge in [0.15, 0.2) is 0 Å². The lowest BCUT2D eigenvalue weighted by atomic mass is 9.90. The van der Waals surface area contributed by atoms with E-state index in [0.717, 1.165) is 17.1 Å². The van der Waals surface area contributed by atoms with Gasteiger partial charge in [-0.3, -0.25) is 0 Å². The molecular weight excluding hydrogens is 661 g/mol. The molecular formula is C50H36N2S. The van der Waals surface area contributed by atoms with Gasteiger partial charge in [0.25, 0.3) is 0 Å². The molecule has 0 radical (unpaired) electrons. The average Bonchev–Trinajstić information content (AvgIpc) is 3.85. The van der Waals surface area contributed by atoms with Gasteiger partial charge in [-0.05, 0) is 107 Å². The number of thiophene rings is 1. The van der Waals surface area contributed by atoms with E-state index >= 15 is 0 Å². The summed E-state index contributed by atoms with van der Waals surface area (Å²) in [6, 6.07) is 53.2. The van der Waals surface area contributed by atoms with Crippen molar-refractivity contribution in [2.45, 2.75) is 13.8 Å². The van der Waals surface area contributed by atoms with Gasteiger partial charge in [0, 0.05) is 42.9 Å². The van der Waals surface area contributed by atoms with Crippen molar-refractivity contribution in [3.05, 3.63) is 175 Å². The Balaban J connectivity index is 1.19. The zero-order valence-electron chi connectivity index (χ0n) is 29.7. The van der Waals surface area contributed by atoms with E-state index in [1.807, 2.05) is 17.4 Å². The van der Waals surface area contributed by atoms with Crippen molar-refractivity contribution >= 4 is 82.2 Å². The normalized spacial score (nSPS) is 12.0. The molecule has 0 unspecified atom stereocenters. The van der Waals surface area contributed by atoms with Crippen LogP contribution in [0, 0.1) is 6.92 Å². The molecule has 10 aromatic rings. The summed E-state index contributed by atoms with van der Waals surface area (Å²) in [6.45, 7) is 8.58. The molecule has 3 aromatic heterocycles. The number of benzene rings is 7. The van der Waals surface area contributed by atoms with Gasteiger partial charge in [0.1, 0.15) is 0 Å². The molecule has 0 aliphatic rings. The summed E-state index contributed by atoms with van der Waals surface area (Å²) in [4.78, 5) is 0. The highest BCUT2D eigenvalue weighted by Crippen LogP contribution is 2.45. The first-order valence-corrected chi connectivity index (χ1v) is 19.0. The molecule has 0 aliphatic carbocycles. The lowest BCUT2D eigenvalue weighted by molar-refractivity contribution is 1.26. The monoisotopic (exact) mass is 696 g/mol. The summed E-state index contributed by atoms with van der Waals surface area (Å²) in [5, 5.41) is 10.3. The lowest BCUT2D eigenvalue weighted by Gasteiger charge is -2.16. The highest BCUT2D eigenvalue weighted by molar-refractivity contribution is 7.26. The van der Waals surface area contributed by atoms with Crippen LogP contribution in [0.25, 0.3) is 92.9 Å². The number of aryl methyl sites for hydroxylation is 1. The Kier molecular flexibility index (Phi) is 7.31. The molecule has 0 spiro atoms. The van der Waals surface area contributed by atoms with Crippen molar-refractivity contribution in [1.82, 2.24) is 4.40 Å². The van der Waals surface area contributed by atoms with E-state index in [0.29, 0.717) is 0 Å². The van der Waals surface area contributed by atoms with Gasteiger partial charge in [-0.25, -0.2) is 0 Å². The summed E-state index contributed by atoms with van der Waals surface area (Å²) in [5.41, 5.74) is 15.4. The van der Waals surface area contributed by atoms with E-state index in [1.54, 1.807) is 0 Å². The first kappa shape index (κ1) is 31.3. The fourth-order valence-electron chi connectivity index (χ4n) is 8.43. The number of anilines is 2. The fraction of sp³-hybridized carbons (Fsp3) is 0.0400. The Morgan fingerprint density at radius 1 is 0.623 bits per heavy atom. The molecule has 0 bridgehead atoms. The SMILES string of the molecule is C=Cc1c(/C=C\C)c2cc(-c3ccccc3-c3cc(Nc4cccc5c4sc4ccccc45)cc(-c4ccccc4)c3)cc3c4c(C)cccc4n1c23. The Morgan fingerprint density at radius 3 is 2.13 bits per heavy atom. The summed E-state index contributed by atoms with van der Waals surface area (Å²) < 4.78 is 4.98. The quantitative estimate of drug-likeness (QED) is 0.175. The molecule has 3 heteroatoms. The third kappa shape index (κ3) is 4.92. The molecule has 252 valence electrons. The van der Waals surface area contributed by atoms with Crippen LogP contribution < -0.4 is 5.32 Å². The standard InChI is InChI=1S/C50H36N2S/c1-4-15-39-42-29-35(30-43-48-31(3)16-13-24-46(48)52(49(42)43)45(39)5-2)38-20-10-9-19-37(38)34-26-33(32-17-7-6-8-18-32)27-36(28-34)51-44-23-14-22-41-40-21-11-12-25-47(40)53-50(41)44/h4-30,51H,2H2,1,3H3/b15-4-. The molecule has 0 saturated heterocycles. The highest BCUT2D eigenvalue weighted by Gasteiger charge is 2.22. The Bertz CT molecular complexity index is 3070. The number of nitrogens with zero attached hydrogens (tertiary/aromatic N) is 1. The summed E-state index contributed by atoms with van der Waals surface area (Å²) >= 11 is 1.85. The van der Waals surface area contributed by atoms with Crippen molar-refractivity contribution in [3.63, 3.8) is 0 Å². The van der Waals surface area contributed by atoms with Gasteiger partial charge < -0.3 is 9.72 Å². The predicted octanol–water partition coefficient (Wildman–Crippen LogP) is 14.8. The molecule has 2 nitrogen and oxygen atoms in total. The lowest BCUT2D eigenvalue weighted by Crippen LogP contribution is -1.94. The van der Waals surface area contributed by atoms with Crippen LogP contribution in [0.3, 0.4) is 0 Å². The van der Waals surface area contributed by atoms with Gasteiger partial charge in [-0.15, -0.1) is 11.3 Å². The second kappa shape index (κ2) is 12.4. The molecule has 3 heterocycles. The molecule has 0 atom stereocenters. The van der Waals surface area contributed by atoms with Crippen molar-refractivity contribution < 1.29 is 0 Å². The molecule has 10 rings (SSSR count). The van der Waals surface area contributed by atoms with Gasteiger partial charge >= 0.3 is 0 Å². The van der Waals surface area contributed by atoms with Crippen LogP contribution in [-0.2, 0) is 0 Å². The molecule has 1 N–H and O–H groups in total. The second-order valence-corrected chi connectivity index (χ2v) is 14.9. The smallest absolute Gasteiger partial charge is 0.0621 e. The zero-order valence-corrected chi connectivity index (χ0v) is 30.5. The average molecular weight is 697 g/mol. The van der Waals surface area contributed by atoms with E-state index in [9.17, 15) is 0 Å². The summed E-state index contributed by atoms with van der Waals surface area (Å²) in [7, 11) is 0. The minimum atomic E-state index is 1.06. The minimum absolute atomic E-state index is 1.06. The number of nitrogens with one attached hydrogen (secondary N) is 1. The van der Waals surface area contributed by atoms with E-state index in [1.165, 1.54) is 91.9 Å². The Morgan fingerprint density at radius 2 is 1.32 bits per heavy atom. The predicted molar refractivity (Wildman–Crippen MR) is 232 cm³/mol. The first-order chi connectivity index (χ1) is 26.1. The van der Waals surface area contributed by atoms with Crippen LogP contribution in [0.5, 0.6) is 0 Å². The van der Waals surface area contributed by atoms with E-state index in [2.05, 4.69) is 188 Å². The maximum atomic E-state index is 4.27. The molecule has 0 amide bonds. The van der Waals surface area contributed by atoms with Crippen molar-refractivity contribution in [3.8, 4) is 33.4 Å². The van der Waals surface area contributed by atoms with Gasteiger partial charge in [-0.1, -0.05) is 116 Å². The molecule has 53 heavy (non-hydrogen) atoms. The van der Waals surface area contributed by atoms with Crippen LogP contribution in [-0.4, -0.2) is 4.40 Å². The molecule has 7 aromatic carbocycles. The number of rotatable bonds is 7. The largest absolute Gasteiger partial charge is 0.354 e.